The van der Waals surface area contributed by atoms with E-state index in [-0.39, 0.29) is 23.9 Å². The van der Waals surface area contributed by atoms with Crippen molar-refractivity contribution >= 4 is 21.7 Å². The van der Waals surface area contributed by atoms with E-state index in [1.165, 1.54) is 6.07 Å². The van der Waals surface area contributed by atoms with E-state index in [0.29, 0.717) is 11.5 Å². The van der Waals surface area contributed by atoms with Gasteiger partial charge in [0, 0.05) is 16.8 Å². The van der Waals surface area contributed by atoms with Crippen LogP contribution in [0.1, 0.15) is 38.2 Å². The minimum absolute atomic E-state index is 0.147. The van der Waals surface area contributed by atoms with E-state index in [1.54, 1.807) is 12.1 Å². The van der Waals surface area contributed by atoms with Crippen molar-refractivity contribution < 1.29 is 9.18 Å². The van der Waals surface area contributed by atoms with E-state index < -0.39 is 0 Å². The number of hydrogen-bond donors (Lipinski definition) is 0. The van der Waals surface area contributed by atoms with Crippen LogP contribution in [0.3, 0.4) is 0 Å². The summed E-state index contributed by atoms with van der Waals surface area (Å²) in [5.74, 6) is 0.749. The maximum atomic E-state index is 13.6. The fraction of sp³-hybridized carbons (Fsp3) is 0.533. The Labute approximate surface area is 116 Å². The number of Topliss-reactive ketones (excluding diaryl/α,β-unsaturated/α-hetero) is 1. The summed E-state index contributed by atoms with van der Waals surface area (Å²) in [6, 6.07) is 4.78. The summed E-state index contributed by atoms with van der Waals surface area (Å²) in [6.45, 7) is 2.17. The lowest BCUT2D eigenvalue weighted by Gasteiger charge is -2.10. The number of rotatable bonds is 4. The number of halogens is 2. The molecular formula is C15H18BrFO. The monoisotopic (exact) mass is 312 g/mol. The molecule has 1 aromatic carbocycles. The van der Waals surface area contributed by atoms with Crippen LogP contribution in [0.25, 0.3) is 0 Å². The van der Waals surface area contributed by atoms with E-state index in [4.69, 9.17) is 0 Å². The highest BCUT2D eigenvalue weighted by Gasteiger charge is 2.28. The minimum Gasteiger partial charge on any atom is -0.299 e. The molecule has 2 unspecified atom stereocenters. The van der Waals surface area contributed by atoms with Crippen molar-refractivity contribution in [1.29, 1.82) is 0 Å². The number of hydrogen-bond acceptors (Lipinski definition) is 1. The smallest absolute Gasteiger partial charge is 0.140 e. The molecule has 0 bridgehead atoms. The molecule has 0 heterocycles. The summed E-state index contributed by atoms with van der Waals surface area (Å²) in [6.07, 6.45) is 4.49. The maximum Gasteiger partial charge on any atom is 0.140 e. The van der Waals surface area contributed by atoms with Crippen molar-refractivity contribution in [3.8, 4) is 0 Å². The van der Waals surface area contributed by atoms with E-state index in [9.17, 15) is 9.18 Å². The van der Waals surface area contributed by atoms with Gasteiger partial charge in [-0.2, -0.15) is 0 Å². The molecule has 0 amide bonds. The quantitative estimate of drug-likeness (QED) is 0.798. The molecular weight excluding hydrogens is 295 g/mol. The minimum atomic E-state index is -0.281. The third-order valence-electron chi connectivity index (χ3n) is 3.95. The van der Waals surface area contributed by atoms with Gasteiger partial charge < -0.3 is 0 Å². The van der Waals surface area contributed by atoms with Crippen LogP contribution in [-0.4, -0.2) is 5.78 Å². The predicted molar refractivity (Wildman–Crippen MR) is 73.9 cm³/mol. The van der Waals surface area contributed by atoms with Gasteiger partial charge in [0.25, 0.3) is 0 Å². The van der Waals surface area contributed by atoms with Crippen molar-refractivity contribution in [1.82, 2.24) is 0 Å². The molecule has 0 radical (unpaired) electrons. The fourth-order valence-corrected chi connectivity index (χ4v) is 3.16. The van der Waals surface area contributed by atoms with Gasteiger partial charge in [0.1, 0.15) is 11.6 Å². The van der Waals surface area contributed by atoms with E-state index >= 15 is 0 Å². The zero-order chi connectivity index (χ0) is 13.1. The van der Waals surface area contributed by atoms with Gasteiger partial charge in [-0.05, 0) is 48.9 Å². The summed E-state index contributed by atoms with van der Waals surface area (Å²) in [7, 11) is 0. The topological polar surface area (TPSA) is 17.1 Å². The van der Waals surface area contributed by atoms with Crippen LogP contribution in [-0.2, 0) is 11.2 Å². The normalized spacial score (nSPS) is 23.3. The van der Waals surface area contributed by atoms with Gasteiger partial charge in [-0.25, -0.2) is 4.39 Å². The second kappa shape index (κ2) is 5.96. The Balaban J connectivity index is 2.01. The Bertz CT molecular complexity index is 444. The number of carbonyl (C=O) groups excluding carboxylic acids is 1. The molecule has 2 rings (SSSR count). The molecule has 0 aromatic heterocycles. The van der Waals surface area contributed by atoms with Gasteiger partial charge in [0.05, 0.1) is 0 Å². The standard InChI is InChI=1S/C15H18BrFO/c1-2-10-3-4-11(7-10)15(18)9-12-8-13(16)5-6-14(12)17/h5-6,8,10-11H,2-4,7,9H2,1H3. The lowest BCUT2D eigenvalue weighted by atomic mass is 9.95. The van der Waals surface area contributed by atoms with Gasteiger partial charge in [-0.3, -0.25) is 4.79 Å². The summed E-state index contributed by atoms with van der Waals surface area (Å²) >= 11 is 3.31. The summed E-state index contributed by atoms with van der Waals surface area (Å²) < 4.78 is 14.4. The SMILES string of the molecule is CCC1CCC(C(=O)Cc2cc(Br)ccc2F)C1. The largest absolute Gasteiger partial charge is 0.299 e. The van der Waals surface area contributed by atoms with Gasteiger partial charge in [0.15, 0.2) is 0 Å². The van der Waals surface area contributed by atoms with E-state index in [1.807, 2.05) is 0 Å². The lowest BCUT2D eigenvalue weighted by Crippen LogP contribution is -2.15. The number of benzene rings is 1. The molecule has 0 aliphatic heterocycles. The highest BCUT2D eigenvalue weighted by atomic mass is 79.9. The van der Waals surface area contributed by atoms with Crippen molar-refractivity contribution in [2.75, 3.05) is 0 Å². The summed E-state index contributed by atoms with van der Waals surface area (Å²) in [5, 5.41) is 0. The Morgan fingerprint density at radius 3 is 2.89 bits per heavy atom. The Kier molecular flexibility index (Phi) is 4.55. The first-order chi connectivity index (χ1) is 8.60. The molecule has 0 N–H and O–H groups in total. The Hall–Kier alpha value is -0.700. The number of ketones is 1. The summed E-state index contributed by atoms with van der Waals surface area (Å²) in [5.41, 5.74) is 0.509. The molecule has 1 fully saturated rings. The molecule has 18 heavy (non-hydrogen) atoms. The first-order valence-corrected chi connectivity index (χ1v) is 7.36. The van der Waals surface area contributed by atoms with Crippen molar-refractivity contribution in [3.63, 3.8) is 0 Å². The molecule has 1 nitrogen and oxygen atoms in total. The highest BCUT2D eigenvalue weighted by Crippen LogP contribution is 2.34. The lowest BCUT2D eigenvalue weighted by molar-refractivity contribution is -0.122. The Morgan fingerprint density at radius 1 is 1.44 bits per heavy atom. The Morgan fingerprint density at radius 2 is 2.22 bits per heavy atom. The molecule has 0 saturated heterocycles. The molecule has 3 heteroatoms. The zero-order valence-electron chi connectivity index (χ0n) is 10.6. The van der Waals surface area contributed by atoms with Crippen LogP contribution >= 0.6 is 15.9 Å². The third-order valence-corrected chi connectivity index (χ3v) is 4.44. The highest BCUT2D eigenvalue weighted by molar-refractivity contribution is 9.10. The zero-order valence-corrected chi connectivity index (χ0v) is 12.2. The second-order valence-corrected chi connectivity index (χ2v) is 6.08. The van der Waals surface area contributed by atoms with Crippen molar-refractivity contribution in [2.24, 2.45) is 11.8 Å². The van der Waals surface area contributed by atoms with Gasteiger partial charge in [-0.15, -0.1) is 0 Å². The molecule has 1 saturated carbocycles. The molecule has 0 spiro atoms. The van der Waals surface area contributed by atoms with Crippen LogP contribution in [0, 0.1) is 17.7 Å². The molecule has 2 atom stereocenters. The predicted octanol–water partition coefficient (Wildman–Crippen LogP) is 4.53. The first-order valence-electron chi connectivity index (χ1n) is 6.56. The second-order valence-electron chi connectivity index (χ2n) is 5.16. The molecule has 98 valence electrons. The van der Waals surface area contributed by atoms with Crippen molar-refractivity contribution in [2.45, 2.75) is 39.0 Å². The third kappa shape index (κ3) is 3.19. The van der Waals surface area contributed by atoms with E-state index in [2.05, 4.69) is 22.9 Å². The maximum absolute atomic E-state index is 13.6. The van der Waals surface area contributed by atoms with Crippen LogP contribution in [0.2, 0.25) is 0 Å². The van der Waals surface area contributed by atoms with Crippen molar-refractivity contribution in [3.05, 3.63) is 34.1 Å². The summed E-state index contributed by atoms with van der Waals surface area (Å²) in [4.78, 5) is 12.2. The van der Waals surface area contributed by atoms with Gasteiger partial charge in [0.2, 0.25) is 0 Å². The van der Waals surface area contributed by atoms with Crippen LogP contribution < -0.4 is 0 Å². The fourth-order valence-electron chi connectivity index (χ4n) is 2.75. The molecule has 1 aliphatic rings. The van der Waals surface area contributed by atoms with E-state index in [0.717, 1.165) is 30.2 Å². The van der Waals surface area contributed by atoms with Crippen LogP contribution in [0.15, 0.2) is 22.7 Å². The molecule has 1 aliphatic carbocycles. The number of carbonyl (C=O) groups is 1. The van der Waals surface area contributed by atoms with Gasteiger partial charge >= 0.3 is 0 Å². The average Bonchev–Trinajstić information content (AvgIpc) is 2.82. The van der Waals surface area contributed by atoms with Crippen LogP contribution in [0.5, 0.6) is 0 Å². The molecule has 1 aromatic rings. The first kappa shape index (κ1) is 13.7. The van der Waals surface area contributed by atoms with Gasteiger partial charge in [-0.1, -0.05) is 29.3 Å². The average molecular weight is 313 g/mol. The van der Waals surface area contributed by atoms with Crippen LogP contribution in [0.4, 0.5) is 4.39 Å².